The zero-order chi connectivity index (χ0) is 19.0. The molecule has 1 aromatic carbocycles. The third kappa shape index (κ3) is 11.2. The first-order valence-corrected chi connectivity index (χ1v) is 10.7. The quantitative estimate of drug-likeness (QED) is 0.188. The molecule has 0 amide bonds. The van der Waals surface area contributed by atoms with Gasteiger partial charge in [0.25, 0.3) is 0 Å². The Morgan fingerprint density at radius 2 is 1.54 bits per heavy atom. The Morgan fingerprint density at radius 3 is 2.12 bits per heavy atom. The van der Waals surface area contributed by atoms with Crippen LogP contribution in [0.25, 0.3) is 0 Å². The van der Waals surface area contributed by atoms with Crippen LogP contribution in [0, 0.1) is 0 Å². The highest BCUT2D eigenvalue weighted by Gasteiger charge is 1.98. The summed E-state index contributed by atoms with van der Waals surface area (Å²) in [5.74, 6) is 0.553. The summed E-state index contributed by atoms with van der Waals surface area (Å²) in [6.45, 7) is 7.58. The van der Waals surface area contributed by atoms with Crippen molar-refractivity contribution in [2.45, 2.75) is 84.5 Å². The van der Waals surface area contributed by atoms with Crippen LogP contribution in [0.2, 0.25) is 0 Å². The molecule has 0 heterocycles. The minimum atomic E-state index is 0.553. The summed E-state index contributed by atoms with van der Waals surface area (Å²) in [5.41, 5.74) is 5.30. The Hall–Kier alpha value is -1.42. The van der Waals surface area contributed by atoms with Gasteiger partial charge in [-0.3, -0.25) is 5.43 Å². The zero-order valence-corrected chi connectivity index (χ0v) is 17.7. The number of thiocarbonyl (C=S) groups is 1. The minimum Gasteiger partial charge on any atom is -0.361 e. The van der Waals surface area contributed by atoms with Gasteiger partial charge in [0, 0.05) is 6.54 Å². The summed E-state index contributed by atoms with van der Waals surface area (Å²) >= 11 is 5.25. The summed E-state index contributed by atoms with van der Waals surface area (Å²) in [5, 5.41) is 8.02. The fraction of sp³-hybridized carbons (Fsp3) is 0.636. The van der Waals surface area contributed by atoms with Crippen molar-refractivity contribution in [3.05, 3.63) is 35.4 Å². The van der Waals surface area contributed by atoms with Crippen molar-refractivity contribution in [1.82, 2.24) is 10.7 Å². The number of nitrogens with one attached hydrogen (secondary N) is 2. The van der Waals surface area contributed by atoms with Gasteiger partial charge in [-0.25, -0.2) is 0 Å². The highest BCUT2D eigenvalue weighted by molar-refractivity contribution is 7.80. The second-order valence-electron chi connectivity index (χ2n) is 7.28. The van der Waals surface area contributed by atoms with Crippen LogP contribution in [-0.2, 0) is 0 Å². The topological polar surface area (TPSA) is 36.4 Å². The Kier molecular flexibility index (Phi) is 12.8. The lowest BCUT2D eigenvalue weighted by atomic mass is 10.0. The van der Waals surface area contributed by atoms with Crippen molar-refractivity contribution in [2.24, 2.45) is 5.10 Å². The van der Waals surface area contributed by atoms with Gasteiger partial charge in [-0.15, -0.1) is 0 Å². The summed E-state index contributed by atoms with van der Waals surface area (Å²) < 4.78 is 0. The highest BCUT2D eigenvalue weighted by atomic mass is 32.1. The van der Waals surface area contributed by atoms with E-state index in [0.717, 1.165) is 18.5 Å². The van der Waals surface area contributed by atoms with Crippen molar-refractivity contribution in [1.29, 1.82) is 0 Å². The van der Waals surface area contributed by atoms with E-state index in [1.165, 1.54) is 56.9 Å². The number of nitrogens with zero attached hydrogens (tertiary/aromatic N) is 1. The van der Waals surface area contributed by atoms with E-state index < -0.39 is 0 Å². The molecular weight excluding hydrogens is 338 g/mol. The van der Waals surface area contributed by atoms with E-state index in [1.54, 1.807) is 6.21 Å². The lowest BCUT2D eigenvalue weighted by Gasteiger charge is -2.07. The van der Waals surface area contributed by atoms with E-state index in [2.05, 4.69) is 60.9 Å². The normalized spacial score (nSPS) is 11.2. The van der Waals surface area contributed by atoms with Gasteiger partial charge in [-0.05, 0) is 35.7 Å². The number of benzene rings is 1. The van der Waals surface area contributed by atoms with Crippen molar-refractivity contribution >= 4 is 23.5 Å². The summed E-state index contributed by atoms with van der Waals surface area (Å²) in [6, 6.07) is 8.46. The van der Waals surface area contributed by atoms with E-state index in [4.69, 9.17) is 12.2 Å². The van der Waals surface area contributed by atoms with Crippen molar-refractivity contribution in [3.8, 4) is 0 Å². The molecule has 4 heteroatoms. The van der Waals surface area contributed by atoms with Gasteiger partial charge >= 0.3 is 0 Å². The molecule has 0 atom stereocenters. The molecule has 0 unspecified atom stereocenters. The maximum absolute atomic E-state index is 5.25. The molecule has 0 aliphatic heterocycles. The number of hydrazone groups is 1. The van der Waals surface area contributed by atoms with E-state index in [-0.39, 0.29) is 0 Å². The molecule has 1 rings (SSSR count). The van der Waals surface area contributed by atoms with Crippen LogP contribution in [0.5, 0.6) is 0 Å². The standard InChI is InChI=1S/C22H37N3S/c1-4-5-6-7-8-9-10-11-12-17-23-22(26)25-24-18-20-13-15-21(16-14-20)19(2)3/h13-16,18-19H,4-12,17H2,1-3H3,(H2,23,25,26)/b24-18-. The Bertz CT molecular complexity index is 509. The number of unbranched alkanes of at least 4 members (excludes halogenated alkanes) is 8. The average molecular weight is 376 g/mol. The molecule has 3 nitrogen and oxygen atoms in total. The summed E-state index contributed by atoms with van der Waals surface area (Å²) in [6.07, 6.45) is 13.8. The van der Waals surface area contributed by atoms with E-state index in [0.29, 0.717) is 11.0 Å². The first-order chi connectivity index (χ1) is 12.6. The Labute approximate surface area is 166 Å². The van der Waals surface area contributed by atoms with Crippen molar-refractivity contribution in [2.75, 3.05) is 6.54 Å². The highest BCUT2D eigenvalue weighted by Crippen LogP contribution is 2.13. The van der Waals surface area contributed by atoms with Crippen molar-refractivity contribution in [3.63, 3.8) is 0 Å². The number of rotatable bonds is 13. The molecule has 1 aromatic rings. The van der Waals surface area contributed by atoms with Gasteiger partial charge in [0.05, 0.1) is 6.21 Å². The monoisotopic (exact) mass is 375 g/mol. The van der Waals surface area contributed by atoms with Gasteiger partial charge < -0.3 is 5.32 Å². The Morgan fingerprint density at radius 1 is 0.962 bits per heavy atom. The zero-order valence-electron chi connectivity index (χ0n) is 16.9. The van der Waals surface area contributed by atoms with Crippen LogP contribution >= 0.6 is 12.2 Å². The lowest BCUT2D eigenvalue weighted by Crippen LogP contribution is -2.32. The fourth-order valence-electron chi connectivity index (χ4n) is 2.81. The van der Waals surface area contributed by atoms with Crippen LogP contribution in [0.3, 0.4) is 0 Å². The molecule has 0 aliphatic carbocycles. The molecule has 0 bridgehead atoms. The first-order valence-electron chi connectivity index (χ1n) is 10.3. The van der Waals surface area contributed by atoms with Crippen LogP contribution in [-0.4, -0.2) is 17.9 Å². The van der Waals surface area contributed by atoms with Crippen LogP contribution < -0.4 is 10.7 Å². The average Bonchev–Trinajstić information content (AvgIpc) is 2.63. The van der Waals surface area contributed by atoms with Crippen molar-refractivity contribution < 1.29 is 0 Å². The predicted molar refractivity (Wildman–Crippen MR) is 119 cm³/mol. The smallest absolute Gasteiger partial charge is 0.186 e. The van der Waals surface area contributed by atoms with Gasteiger partial charge in [0.2, 0.25) is 0 Å². The molecule has 2 N–H and O–H groups in total. The molecular formula is C22H37N3S. The number of hydrogen-bond donors (Lipinski definition) is 2. The van der Waals surface area contributed by atoms with Crippen LogP contribution in [0.15, 0.2) is 29.4 Å². The second kappa shape index (κ2) is 14.7. The molecule has 0 aliphatic rings. The minimum absolute atomic E-state index is 0.553. The molecule has 26 heavy (non-hydrogen) atoms. The largest absolute Gasteiger partial charge is 0.361 e. The lowest BCUT2D eigenvalue weighted by molar-refractivity contribution is 0.562. The maximum atomic E-state index is 5.25. The molecule has 0 aromatic heterocycles. The third-order valence-electron chi connectivity index (χ3n) is 4.55. The second-order valence-corrected chi connectivity index (χ2v) is 7.68. The fourth-order valence-corrected chi connectivity index (χ4v) is 2.96. The molecule has 0 saturated heterocycles. The molecule has 0 spiro atoms. The van der Waals surface area contributed by atoms with E-state index in [1.807, 2.05) is 0 Å². The van der Waals surface area contributed by atoms with Gasteiger partial charge in [-0.2, -0.15) is 5.10 Å². The molecule has 0 saturated carbocycles. The maximum Gasteiger partial charge on any atom is 0.186 e. The predicted octanol–water partition coefficient (Wildman–Crippen LogP) is 6.14. The molecule has 146 valence electrons. The van der Waals surface area contributed by atoms with E-state index >= 15 is 0 Å². The molecule has 0 radical (unpaired) electrons. The summed E-state index contributed by atoms with van der Waals surface area (Å²) in [4.78, 5) is 0. The van der Waals surface area contributed by atoms with Crippen LogP contribution in [0.1, 0.15) is 95.6 Å². The van der Waals surface area contributed by atoms with Crippen LogP contribution in [0.4, 0.5) is 0 Å². The first kappa shape index (κ1) is 22.6. The molecule has 0 fully saturated rings. The SMILES string of the molecule is CCCCCCCCCCCNC(=S)N/N=C\c1ccc(C(C)C)cc1. The number of hydrogen-bond acceptors (Lipinski definition) is 2. The van der Waals surface area contributed by atoms with E-state index in [9.17, 15) is 0 Å². The third-order valence-corrected chi connectivity index (χ3v) is 4.78. The Balaban J connectivity index is 2.03. The summed E-state index contributed by atoms with van der Waals surface area (Å²) in [7, 11) is 0. The van der Waals surface area contributed by atoms with Gasteiger partial charge in [-0.1, -0.05) is 96.4 Å². The van der Waals surface area contributed by atoms with Gasteiger partial charge in [0.1, 0.15) is 0 Å². The van der Waals surface area contributed by atoms with Gasteiger partial charge in [0.15, 0.2) is 5.11 Å².